The molecule has 0 bridgehead atoms. The summed E-state index contributed by atoms with van der Waals surface area (Å²) in [6, 6.07) is 6.50. The lowest BCUT2D eigenvalue weighted by Gasteiger charge is -2.27. The summed E-state index contributed by atoms with van der Waals surface area (Å²) in [6.45, 7) is 0. The van der Waals surface area contributed by atoms with E-state index in [2.05, 4.69) is 4.72 Å². The second kappa shape index (κ2) is 6.72. The van der Waals surface area contributed by atoms with Crippen molar-refractivity contribution in [2.75, 3.05) is 0 Å². The van der Waals surface area contributed by atoms with Crippen LogP contribution in [-0.4, -0.2) is 25.7 Å². The van der Waals surface area contributed by atoms with E-state index in [1.807, 2.05) is 0 Å². The van der Waals surface area contributed by atoms with Crippen LogP contribution in [-0.2, 0) is 10.0 Å². The Balaban J connectivity index is 2.01. The Morgan fingerprint density at radius 1 is 1.20 bits per heavy atom. The van der Waals surface area contributed by atoms with E-state index >= 15 is 0 Å². The van der Waals surface area contributed by atoms with Crippen molar-refractivity contribution in [3.63, 3.8) is 0 Å². The molecule has 0 unspecified atom stereocenters. The monoisotopic (exact) mass is 315 g/mol. The number of nitrogens with one attached hydrogen (secondary N) is 1. The van der Waals surface area contributed by atoms with Crippen molar-refractivity contribution in [2.45, 2.75) is 37.8 Å². The quantitative estimate of drug-likeness (QED) is 0.897. The first kappa shape index (κ1) is 15.5. The Morgan fingerprint density at radius 2 is 1.85 bits per heavy atom. The lowest BCUT2D eigenvalue weighted by Crippen LogP contribution is -2.44. The van der Waals surface area contributed by atoms with E-state index in [0.717, 1.165) is 23.8 Å². The molecular weight excluding hydrogens is 298 g/mol. The summed E-state index contributed by atoms with van der Waals surface area (Å²) in [4.78, 5) is 0. The number of aliphatic hydroxyl groups excluding tert-OH is 1. The molecule has 0 spiro atoms. The average Bonchev–Trinajstić information content (AvgIpc) is 2.41. The van der Waals surface area contributed by atoms with Crippen LogP contribution in [0.2, 0.25) is 5.02 Å². The molecule has 4 nitrogen and oxygen atoms in total. The van der Waals surface area contributed by atoms with Crippen molar-refractivity contribution in [1.82, 2.24) is 4.72 Å². The van der Waals surface area contributed by atoms with Crippen molar-refractivity contribution in [1.29, 1.82) is 0 Å². The van der Waals surface area contributed by atoms with Crippen LogP contribution in [0.5, 0.6) is 0 Å². The Hall–Kier alpha value is -0.880. The van der Waals surface area contributed by atoms with E-state index in [0.29, 0.717) is 17.9 Å². The predicted molar refractivity (Wildman–Crippen MR) is 80.8 cm³/mol. The van der Waals surface area contributed by atoms with Crippen LogP contribution in [0.3, 0.4) is 0 Å². The SMILES string of the molecule is O=S(=O)(/C=C/c1ccc(Cl)cc1)N[C@@H]1CCCC[C@H]1O. The minimum atomic E-state index is -3.55. The molecule has 0 heterocycles. The normalized spacial score (nSPS) is 24.1. The van der Waals surface area contributed by atoms with Crippen molar-refractivity contribution in [3.05, 3.63) is 40.3 Å². The maximum Gasteiger partial charge on any atom is 0.234 e. The summed E-state index contributed by atoms with van der Waals surface area (Å²) in [5, 5.41) is 11.5. The summed E-state index contributed by atoms with van der Waals surface area (Å²) in [7, 11) is -3.55. The molecule has 2 atom stereocenters. The highest BCUT2D eigenvalue weighted by Crippen LogP contribution is 2.19. The Labute approximate surface area is 124 Å². The van der Waals surface area contributed by atoms with Gasteiger partial charge in [-0.2, -0.15) is 0 Å². The lowest BCUT2D eigenvalue weighted by molar-refractivity contribution is 0.101. The van der Waals surface area contributed by atoms with Gasteiger partial charge in [0.05, 0.1) is 6.10 Å². The molecule has 6 heteroatoms. The van der Waals surface area contributed by atoms with Crippen LogP contribution < -0.4 is 4.72 Å². The van der Waals surface area contributed by atoms with Gasteiger partial charge in [0, 0.05) is 16.5 Å². The minimum Gasteiger partial charge on any atom is -0.391 e. The standard InChI is InChI=1S/C14H18ClNO3S/c15-12-7-5-11(6-8-12)9-10-20(18,19)16-13-3-1-2-4-14(13)17/h5-10,13-14,16-17H,1-4H2/b10-9+/t13-,14-/m1/s1. The first-order valence-corrected chi connectivity index (χ1v) is 8.53. The molecule has 0 radical (unpaired) electrons. The second-order valence-corrected chi connectivity index (χ2v) is 7.01. The van der Waals surface area contributed by atoms with Gasteiger partial charge in [-0.25, -0.2) is 13.1 Å². The molecule has 1 aliphatic rings. The van der Waals surface area contributed by atoms with E-state index < -0.39 is 16.1 Å². The van der Waals surface area contributed by atoms with Crippen LogP contribution >= 0.6 is 11.6 Å². The third-order valence-corrected chi connectivity index (χ3v) is 4.73. The highest BCUT2D eigenvalue weighted by atomic mass is 35.5. The maximum atomic E-state index is 11.9. The summed E-state index contributed by atoms with van der Waals surface area (Å²) >= 11 is 5.76. The van der Waals surface area contributed by atoms with Gasteiger partial charge in [-0.15, -0.1) is 0 Å². The minimum absolute atomic E-state index is 0.386. The van der Waals surface area contributed by atoms with Crippen molar-refractivity contribution < 1.29 is 13.5 Å². The smallest absolute Gasteiger partial charge is 0.234 e. The number of sulfonamides is 1. The van der Waals surface area contributed by atoms with Crippen molar-refractivity contribution in [2.24, 2.45) is 0 Å². The van der Waals surface area contributed by atoms with E-state index in [1.165, 1.54) is 6.08 Å². The molecular formula is C14H18ClNO3S. The molecule has 110 valence electrons. The maximum absolute atomic E-state index is 11.9. The van der Waals surface area contributed by atoms with E-state index in [-0.39, 0.29) is 6.04 Å². The number of benzene rings is 1. The Morgan fingerprint density at radius 3 is 2.50 bits per heavy atom. The van der Waals surface area contributed by atoms with Crippen LogP contribution in [0.1, 0.15) is 31.2 Å². The Kier molecular flexibility index (Phi) is 5.21. The third kappa shape index (κ3) is 4.59. The summed E-state index contributed by atoms with van der Waals surface area (Å²) in [5.41, 5.74) is 0.754. The van der Waals surface area contributed by atoms with Gasteiger partial charge in [-0.1, -0.05) is 36.6 Å². The molecule has 2 rings (SSSR count). The summed E-state index contributed by atoms with van der Waals surface area (Å²) in [6.07, 6.45) is 4.12. The molecule has 1 saturated carbocycles. The second-order valence-electron chi connectivity index (χ2n) is 4.98. The number of rotatable bonds is 4. The largest absolute Gasteiger partial charge is 0.391 e. The van der Waals surface area contributed by atoms with Crippen molar-refractivity contribution in [3.8, 4) is 0 Å². The van der Waals surface area contributed by atoms with E-state index in [9.17, 15) is 13.5 Å². The van der Waals surface area contributed by atoms with E-state index in [1.54, 1.807) is 24.3 Å². The number of hydrogen-bond acceptors (Lipinski definition) is 3. The fourth-order valence-electron chi connectivity index (χ4n) is 2.24. The summed E-state index contributed by atoms with van der Waals surface area (Å²) in [5.74, 6) is 0. The van der Waals surface area contributed by atoms with Crippen LogP contribution in [0, 0.1) is 0 Å². The van der Waals surface area contributed by atoms with Gasteiger partial charge in [0.2, 0.25) is 10.0 Å². The first-order chi connectivity index (χ1) is 9.46. The fourth-order valence-corrected chi connectivity index (χ4v) is 3.48. The zero-order valence-electron chi connectivity index (χ0n) is 11.0. The number of halogens is 1. The molecule has 1 fully saturated rings. The van der Waals surface area contributed by atoms with Gasteiger partial charge in [0.1, 0.15) is 0 Å². The molecule has 0 saturated heterocycles. The van der Waals surface area contributed by atoms with Crippen molar-refractivity contribution >= 4 is 27.7 Å². The number of hydrogen-bond donors (Lipinski definition) is 2. The number of aliphatic hydroxyl groups is 1. The highest BCUT2D eigenvalue weighted by molar-refractivity contribution is 7.92. The van der Waals surface area contributed by atoms with Gasteiger partial charge < -0.3 is 5.11 Å². The third-order valence-electron chi connectivity index (χ3n) is 3.35. The van der Waals surface area contributed by atoms with E-state index in [4.69, 9.17) is 11.6 Å². The molecule has 0 aliphatic heterocycles. The van der Waals surface area contributed by atoms with Gasteiger partial charge in [0.25, 0.3) is 0 Å². The molecule has 0 amide bonds. The zero-order chi connectivity index (χ0) is 14.6. The van der Waals surface area contributed by atoms with Crippen LogP contribution in [0.25, 0.3) is 6.08 Å². The molecule has 1 aromatic carbocycles. The summed E-state index contributed by atoms with van der Waals surface area (Å²) < 4.78 is 26.4. The molecule has 1 aliphatic carbocycles. The van der Waals surface area contributed by atoms with Crippen LogP contribution in [0.4, 0.5) is 0 Å². The van der Waals surface area contributed by atoms with Gasteiger partial charge in [0.15, 0.2) is 0 Å². The first-order valence-electron chi connectivity index (χ1n) is 6.60. The average molecular weight is 316 g/mol. The molecule has 2 N–H and O–H groups in total. The zero-order valence-corrected chi connectivity index (χ0v) is 12.6. The molecule has 20 heavy (non-hydrogen) atoms. The van der Waals surface area contributed by atoms with Gasteiger partial charge >= 0.3 is 0 Å². The topological polar surface area (TPSA) is 66.4 Å². The predicted octanol–water partition coefficient (Wildman–Crippen LogP) is 2.53. The van der Waals surface area contributed by atoms with Gasteiger partial charge in [-0.05, 0) is 36.6 Å². The lowest BCUT2D eigenvalue weighted by atomic mass is 9.93. The fraction of sp³-hybridized carbons (Fsp3) is 0.429. The highest BCUT2D eigenvalue weighted by Gasteiger charge is 2.26. The Bertz CT molecular complexity index is 569. The molecule has 1 aromatic rings. The van der Waals surface area contributed by atoms with Crippen LogP contribution in [0.15, 0.2) is 29.7 Å². The van der Waals surface area contributed by atoms with Gasteiger partial charge in [-0.3, -0.25) is 0 Å². The molecule has 0 aromatic heterocycles.